The van der Waals surface area contributed by atoms with Gasteiger partial charge in [0.25, 0.3) is 0 Å². The largest absolute Gasteiger partial charge is 0.478 e. The van der Waals surface area contributed by atoms with E-state index in [1.165, 1.54) is 5.56 Å². The Morgan fingerprint density at radius 1 is 1.36 bits per heavy atom. The quantitative estimate of drug-likeness (QED) is 0.855. The molecule has 2 rings (SSSR count). The van der Waals surface area contributed by atoms with Gasteiger partial charge in [-0.15, -0.1) is 0 Å². The van der Waals surface area contributed by atoms with Gasteiger partial charge >= 0.3 is 5.97 Å². The van der Waals surface area contributed by atoms with Gasteiger partial charge in [-0.2, -0.15) is 0 Å². The molecule has 0 saturated carbocycles. The number of fused-ring (bicyclic) bond motifs is 1. The summed E-state index contributed by atoms with van der Waals surface area (Å²) < 4.78 is 2.12. The summed E-state index contributed by atoms with van der Waals surface area (Å²) in [6.07, 6.45) is 1.81. The number of carboxylic acids is 1. The highest BCUT2D eigenvalue weighted by atomic mass is 16.4. The molecular formula is C18H26N2O2. The van der Waals surface area contributed by atoms with Crippen molar-refractivity contribution in [2.45, 2.75) is 53.0 Å². The topological polar surface area (TPSA) is 68.2 Å². The van der Waals surface area contributed by atoms with Gasteiger partial charge in [0.1, 0.15) is 0 Å². The van der Waals surface area contributed by atoms with Crippen LogP contribution in [-0.4, -0.2) is 22.2 Å². The smallest absolute Gasteiger partial charge is 0.337 e. The third-order valence-corrected chi connectivity index (χ3v) is 4.41. The van der Waals surface area contributed by atoms with Crippen molar-refractivity contribution in [3.8, 4) is 0 Å². The Morgan fingerprint density at radius 2 is 2.05 bits per heavy atom. The fraction of sp³-hybridized carbons (Fsp3) is 0.500. The Bertz CT molecular complexity index is 699. The number of aryl methyl sites for hydroxylation is 2. The van der Waals surface area contributed by atoms with Gasteiger partial charge in [-0.1, -0.05) is 13.8 Å². The molecule has 1 aromatic heterocycles. The van der Waals surface area contributed by atoms with Crippen LogP contribution in [0.25, 0.3) is 10.9 Å². The first-order valence-corrected chi connectivity index (χ1v) is 8.01. The van der Waals surface area contributed by atoms with Crippen LogP contribution < -0.4 is 5.73 Å². The molecule has 0 spiro atoms. The number of nitrogens with zero attached hydrogens (tertiary/aromatic N) is 1. The van der Waals surface area contributed by atoms with E-state index in [9.17, 15) is 9.90 Å². The summed E-state index contributed by atoms with van der Waals surface area (Å²) in [6, 6.07) is 3.99. The van der Waals surface area contributed by atoms with Crippen LogP contribution in [0.2, 0.25) is 0 Å². The lowest BCUT2D eigenvalue weighted by atomic mass is 9.95. The van der Waals surface area contributed by atoms with Crippen molar-refractivity contribution in [2.24, 2.45) is 5.73 Å². The van der Waals surface area contributed by atoms with Gasteiger partial charge in [-0.05, 0) is 62.4 Å². The van der Waals surface area contributed by atoms with Crippen molar-refractivity contribution in [1.29, 1.82) is 0 Å². The molecular weight excluding hydrogens is 276 g/mol. The Balaban J connectivity index is 2.84. The molecule has 0 fully saturated rings. The fourth-order valence-electron chi connectivity index (χ4n) is 3.19. The first-order chi connectivity index (χ1) is 10.4. The number of aromatic nitrogens is 1. The maximum absolute atomic E-state index is 11.8. The predicted octanol–water partition coefficient (Wildman–Crippen LogP) is 3.68. The normalized spacial score (nSPS) is 11.5. The molecule has 0 aliphatic carbocycles. The summed E-state index contributed by atoms with van der Waals surface area (Å²) in [6.45, 7) is 9.74. The van der Waals surface area contributed by atoms with Crippen LogP contribution >= 0.6 is 0 Å². The second-order valence-electron chi connectivity index (χ2n) is 6.12. The molecule has 0 saturated heterocycles. The molecule has 4 nitrogen and oxygen atoms in total. The minimum Gasteiger partial charge on any atom is -0.478 e. The van der Waals surface area contributed by atoms with Gasteiger partial charge in [-0.25, -0.2) is 4.79 Å². The van der Waals surface area contributed by atoms with Crippen LogP contribution in [0.4, 0.5) is 0 Å². The second kappa shape index (κ2) is 6.53. The van der Waals surface area contributed by atoms with Gasteiger partial charge in [0.05, 0.1) is 11.1 Å². The molecule has 0 bridgehead atoms. The van der Waals surface area contributed by atoms with Crippen molar-refractivity contribution in [1.82, 2.24) is 4.57 Å². The number of carboxylic acid groups (broad SMARTS) is 1. The monoisotopic (exact) mass is 302 g/mol. The third kappa shape index (κ3) is 2.75. The van der Waals surface area contributed by atoms with Gasteiger partial charge in [0.2, 0.25) is 0 Å². The molecule has 1 aromatic carbocycles. The molecule has 0 aliphatic rings. The number of carbonyl (C=O) groups is 1. The predicted molar refractivity (Wildman–Crippen MR) is 90.8 cm³/mol. The molecule has 0 amide bonds. The average Bonchev–Trinajstić information content (AvgIpc) is 2.75. The maximum atomic E-state index is 11.8. The zero-order chi connectivity index (χ0) is 16.4. The van der Waals surface area contributed by atoms with Crippen LogP contribution in [0, 0.1) is 6.92 Å². The van der Waals surface area contributed by atoms with Crippen molar-refractivity contribution < 1.29 is 9.90 Å². The molecule has 0 atom stereocenters. The van der Waals surface area contributed by atoms with E-state index in [-0.39, 0.29) is 0 Å². The van der Waals surface area contributed by atoms with Crippen molar-refractivity contribution in [2.75, 3.05) is 6.54 Å². The Morgan fingerprint density at radius 3 is 2.55 bits per heavy atom. The lowest BCUT2D eigenvalue weighted by molar-refractivity contribution is 0.0698. The van der Waals surface area contributed by atoms with Gasteiger partial charge < -0.3 is 15.4 Å². The number of rotatable bonds is 6. The number of hydrogen-bond donors (Lipinski definition) is 2. The lowest BCUT2D eigenvalue weighted by Gasteiger charge is -2.11. The maximum Gasteiger partial charge on any atom is 0.337 e. The second-order valence-corrected chi connectivity index (χ2v) is 6.12. The first kappa shape index (κ1) is 16.6. The summed E-state index contributed by atoms with van der Waals surface area (Å²) in [5.74, 6) is -0.555. The van der Waals surface area contributed by atoms with E-state index in [1.54, 1.807) is 0 Å². The highest BCUT2D eigenvalue weighted by Crippen LogP contribution is 2.33. The summed E-state index contributed by atoms with van der Waals surface area (Å²) in [5, 5.41) is 10.7. The summed E-state index contributed by atoms with van der Waals surface area (Å²) in [7, 11) is 0. The summed E-state index contributed by atoms with van der Waals surface area (Å²) >= 11 is 0. The number of nitrogens with two attached hydrogens (primary N) is 1. The molecule has 3 N–H and O–H groups in total. The third-order valence-electron chi connectivity index (χ3n) is 4.41. The van der Waals surface area contributed by atoms with Crippen LogP contribution in [0.15, 0.2) is 12.1 Å². The van der Waals surface area contributed by atoms with E-state index in [2.05, 4.69) is 38.3 Å². The van der Waals surface area contributed by atoms with Crippen molar-refractivity contribution in [3.05, 3.63) is 34.5 Å². The highest BCUT2D eigenvalue weighted by molar-refractivity contribution is 6.04. The van der Waals surface area contributed by atoms with Gasteiger partial charge in [0.15, 0.2) is 0 Å². The summed E-state index contributed by atoms with van der Waals surface area (Å²) in [5.41, 5.74) is 10.4. The van der Waals surface area contributed by atoms with Crippen LogP contribution in [0.1, 0.15) is 60.3 Å². The van der Waals surface area contributed by atoms with E-state index >= 15 is 0 Å². The molecule has 0 unspecified atom stereocenters. The molecule has 4 heteroatoms. The van der Waals surface area contributed by atoms with E-state index in [4.69, 9.17) is 5.73 Å². The summed E-state index contributed by atoms with van der Waals surface area (Å²) in [4.78, 5) is 11.8. The Hall–Kier alpha value is -1.81. The first-order valence-electron chi connectivity index (χ1n) is 8.01. The zero-order valence-electron chi connectivity index (χ0n) is 13.9. The zero-order valence-corrected chi connectivity index (χ0v) is 13.9. The SMILES string of the molecule is CCn1c(C)c(CCCN)c2cc(C(C)C)cc(C(=O)O)c21. The lowest BCUT2D eigenvalue weighted by Crippen LogP contribution is -2.05. The number of hydrogen-bond acceptors (Lipinski definition) is 2. The minimum atomic E-state index is -0.856. The van der Waals surface area contributed by atoms with E-state index in [0.717, 1.165) is 41.5 Å². The Kier molecular flexibility index (Phi) is 4.91. The molecule has 0 radical (unpaired) electrons. The van der Waals surface area contributed by atoms with Crippen molar-refractivity contribution >= 4 is 16.9 Å². The molecule has 120 valence electrons. The van der Waals surface area contributed by atoms with Crippen molar-refractivity contribution in [3.63, 3.8) is 0 Å². The van der Waals surface area contributed by atoms with Crippen LogP contribution in [-0.2, 0) is 13.0 Å². The fourth-order valence-corrected chi connectivity index (χ4v) is 3.19. The van der Waals surface area contributed by atoms with E-state index in [1.807, 2.05) is 6.07 Å². The van der Waals surface area contributed by atoms with Crippen LogP contribution in [0.5, 0.6) is 0 Å². The molecule has 2 aromatic rings. The van der Waals surface area contributed by atoms with E-state index in [0.29, 0.717) is 18.0 Å². The minimum absolute atomic E-state index is 0.301. The number of benzene rings is 1. The van der Waals surface area contributed by atoms with Gasteiger partial charge in [-0.3, -0.25) is 0 Å². The van der Waals surface area contributed by atoms with Gasteiger partial charge in [0, 0.05) is 17.6 Å². The number of aromatic carboxylic acids is 1. The standard InChI is InChI=1S/C18H26N2O2/c1-5-20-12(4)14(7-6-8-19)15-9-13(11(2)3)10-16(17(15)20)18(21)22/h9-11H,5-8,19H2,1-4H3,(H,21,22). The molecule has 22 heavy (non-hydrogen) atoms. The highest BCUT2D eigenvalue weighted by Gasteiger charge is 2.20. The molecule has 1 heterocycles. The Labute approximate surface area is 131 Å². The van der Waals surface area contributed by atoms with E-state index < -0.39 is 5.97 Å². The van der Waals surface area contributed by atoms with Crippen LogP contribution in [0.3, 0.4) is 0 Å². The molecule has 0 aliphatic heterocycles. The average molecular weight is 302 g/mol.